The highest BCUT2D eigenvalue weighted by Gasteiger charge is 2.25. The van der Waals surface area contributed by atoms with Crippen molar-refractivity contribution in [3.8, 4) is 0 Å². The summed E-state index contributed by atoms with van der Waals surface area (Å²) in [5, 5.41) is 15.0. The number of amides is 1. The number of thioether (sulfide) groups is 1. The fraction of sp³-hybridized carbons (Fsp3) is 0.438. The summed E-state index contributed by atoms with van der Waals surface area (Å²) in [5.74, 6) is 2.02. The number of piperazine rings is 1. The second-order valence-electron chi connectivity index (χ2n) is 5.84. The van der Waals surface area contributed by atoms with Crippen LogP contribution in [0.1, 0.15) is 11.7 Å². The van der Waals surface area contributed by atoms with Crippen molar-refractivity contribution >= 4 is 29.0 Å². The molecule has 1 amide bonds. The highest BCUT2D eigenvalue weighted by molar-refractivity contribution is 7.99. The molecule has 1 fully saturated rings. The van der Waals surface area contributed by atoms with E-state index in [9.17, 15) is 14.9 Å². The van der Waals surface area contributed by atoms with Crippen LogP contribution in [0.5, 0.6) is 0 Å². The van der Waals surface area contributed by atoms with Gasteiger partial charge in [0.2, 0.25) is 11.8 Å². The summed E-state index contributed by atoms with van der Waals surface area (Å²) in [7, 11) is 0. The molecule has 2 heterocycles. The van der Waals surface area contributed by atoms with E-state index in [1.165, 1.54) is 17.8 Å². The molecule has 1 saturated heterocycles. The molecule has 3 rings (SSSR count). The maximum atomic E-state index is 12.3. The number of hydrogen-bond acceptors (Lipinski definition) is 8. The molecule has 1 aromatic heterocycles. The number of nitro benzene ring substituents is 1. The quantitative estimate of drug-likeness (QED) is 0.555. The van der Waals surface area contributed by atoms with Gasteiger partial charge in [-0.15, -0.1) is 11.8 Å². The molecule has 0 saturated carbocycles. The lowest BCUT2D eigenvalue weighted by atomic mass is 10.2. The monoisotopic (exact) mass is 377 g/mol. The molecule has 0 atom stereocenters. The van der Waals surface area contributed by atoms with E-state index in [0.29, 0.717) is 55.1 Å². The minimum atomic E-state index is -0.372. The van der Waals surface area contributed by atoms with E-state index in [-0.39, 0.29) is 16.5 Å². The summed E-state index contributed by atoms with van der Waals surface area (Å²) in [6.45, 7) is 3.97. The van der Waals surface area contributed by atoms with Crippen LogP contribution in [0.25, 0.3) is 0 Å². The van der Waals surface area contributed by atoms with Crippen LogP contribution >= 0.6 is 11.8 Å². The van der Waals surface area contributed by atoms with Crippen molar-refractivity contribution in [2.24, 2.45) is 0 Å². The Hall–Kier alpha value is -2.62. The maximum Gasteiger partial charge on any atom is 0.292 e. The lowest BCUT2D eigenvalue weighted by molar-refractivity contribution is -0.384. The number of aryl methyl sites for hydroxylation is 1. The van der Waals surface area contributed by atoms with Crippen LogP contribution in [0.15, 0.2) is 28.8 Å². The molecule has 26 heavy (non-hydrogen) atoms. The van der Waals surface area contributed by atoms with Crippen molar-refractivity contribution in [2.45, 2.75) is 12.7 Å². The lowest BCUT2D eigenvalue weighted by Crippen LogP contribution is -2.49. The Kier molecular flexibility index (Phi) is 5.71. The molecular formula is C16H19N5O4S. The van der Waals surface area contributed by atoms with E-state index in [1.54, 1.807) is 30.0 Å². The molecular weight excluding hydrogens is 358 g/mol. The zero-order chi connectivity index (χ0) is 18.5. The Balaban J connectivity index is 1.49. The molecule has 138 valence electrons. The molecule has 2 aromatic rings. The van der Waals surface area contributed by atoms with E-state index in [4.69, 9.17) is 4.52 Å². The van der Waals surface area contributed by atoms with Gasteiger partial charge in [0.25, 0.3) is 5.69 Å². The lowest BCUT2D eigenvalue weighted by Gasteiger charge is -2.35. The van der Waals surface area contributed by atoms with E-state index >= 15 is 0 Å². The number of anilines is 1. The fourth-order valence-electron chi connectivity index (χ4n) is 2.80. The first kappa shape index (κ1) is 18.2. The largest absolute Gasteiger partial charge is 0.362 e. The minimum absolute atomic E-state index is 0.0532. The standard InChI is InChI=1S/C16H19N5O4S/c1-12-17-15(18-25-12)10-26-11-16(22)20-8-6-19(7-9-20)13-4-2-3-5-14(13)21(23)24/h2-5H,6-11H2,1H3. The van der Waals surface area contributed by atoms with Crippen LogP contribution in [0.3, 0.4) is 0 Å². The predicted molar refractivity (Wildman–Crippen MR) is 97.1 cm³/mol. The first-order valence-electron chi connectivity index (χ1n) is 8.17. The molecule has 0 unspecified atom stereocenters. The average molecular weight is 377 g/mol. The summed E-state index contributed by atoms with van der Waals surface area (Å²) in [6.07, 6.45) is 0. The van der Waals surface area contributed by atoms with Gasteiger partial charge >= 0.3 is 0 Å². The number of hydrogen-bond donors (Lipinski definition) is 0. The van der Waals surface area contributed by atoms with E-state index in [2.05, 4.69) is 10.1 Å². The van der Waals surface area contributed by atoms with E-state index in [1.807, 2.05) is 4.90 Å². The molecule has 0 aliphatic carbocycles. The number of carbonyl (C=O) groups is 1. The maximum absolute atomic E-state index is 12.3. The summed E-state index contributed by atoms with van der Waals surface area (Å²) in [4.78, 5) is 31.0. The SMILES string of the molecule is Cc1nc(CSCC(=O)N2CCN(c3ccccc3[N+](=O)[O-])CC2)no1. The molecule has 9 nitrogen and oxygen atoms in total. The normalized spacial score (nSPS) is 14.5. The summed E-state index contributed by atoms with van der Waals surface area (Å²) >= 11 is 1.45. The fourth-order valence-corrected chi connectivity index (χ4v) is 3.56. The van der Waals surface area contributed by atoms with Crippen LogP contribution in [0.2, 0.25) is 0 Å². The summed E-state index contributed by atoms with van der Waals surface area (Å²) in [6, 6.07) is 6.70. The van der Waals surface area contributed by atoms with Crippen molar-refractivity contribution in [3.05, 3.63) is 46.1 Å². The minimum Gasteiger partial charge on any atom is -0.362 e. The number of para-hydroxylation sites is 2. The van der Waals surface area contributed by atoms with Crippen molar-refractivity contribution in [1.29, 1.82) is 0 Å². The van der Waals surface area contributed by atoms with Crippen molar-refractivity contribution in [3.63, 3.8) is 0 Å². The Morgan fingerprint density at radius 2 is 2.04 bits per heavy atom. The first-order valence-corrected chi connectivity index (χ1v) is 9.33. The summed E-state index contributed by atoms with van der Waals surface area (Å²) < 4.78 is 4.90. The smallest absolute Gasteiger partial charge is 0.292 e. The highest BCUT2D eigenvalue weighted by atomic mass is 32.2. The van der Waals surface area contributed by atoms with Crippen LogP contribution in [-0.4, -0.2) is 57.8 Å². The Morgan fingerprint density at radius 1 is 1.31 bits per heavy atom. The van der Waals surface area contributed by atoms with Gasteiger partial charge in [-0.1, -0.05) is 17.3 Å². The Morgan fingerprint density at radius 3 is 2.69 bits per heavy atom. The van der Waals surface area contributed by atoms with Crippen LogP contribution < -0.4 is 4.90 Å². The third-order valence-corrected chi connectivity index (χ3v) is 4.99. The molecule has 0 spiro atoms. The van der Waals surface area contributed by atoms with Gasteiger partial charge in [-0.2, -0.15) is 4.98 Å². The number of carbonyl (C=O) groups excluding carboxylic acids is 1. The molecule has 10 heteroatoms. The van der Waals surface area contributed by atoms with Crippen molar-refractivity contribution < 1.29 is 14.2 Å². The van der Waals surface area contributed by atoms with Crippen LogP contribution in [-0.2, 0) is 10.5 Å². The van der Waals surface area contributed by atoms with Crippen molar-refractivity contribution in [2.75, 3.05) is 36.8 Å². The molecule has 1 aromatic carbocycles. The third-order valence-electron chi connectivity index (χ3n) is 4.08. The van der Waals surface area contributed by atoms with Gasteiger partial charge in [-0.3, -0.25) is 14.9 Å². The Labute approximate surface area is 154 Å². The molecule has 0 radical (unpaired) electrons. The first-order chi connectivity index (χ1) is 12.5. The molecule has 0 bridgehead atoms. The zero-order valence-electron chi connectivity index (χ0n) is 14.3. The number of benzene rings is 1. The van der Waals surface area contributed by atoms with E-state index in [0.717, 1.165) is 0 Å². The number of nitrogens with zero attached hydrogens (tertiary/aromatic N) is 5. The third kappa shape index (κ3) is 4.31. The van der Waals surface area contributed by atoms with Gasteiger partial charge < -0.3 is 14.3 Å². The van der Waals surface area contributed by atoms with Gasteiger partial charge in [0.05, 0.1) is 16.4 Å². The van der Waals surface area contributed by atoms with Gasteiger partial charge in [0.1, 0.15) is 5.69 Å². The van der Waals surface area contributed by atoms with Gasteiger partial charge in [-0.05, 0) is 6.07 Å². The zero-order valence-corrected chi connectivity index (χ0v) is 15.1. The number of rotatable bonds is 6. The number of nitro groups is 1. The molecule has 0 N–H and O–H groups in total. The van der Waals surface area contributed by atoms with Gasteiger partial charge in [-0.25, -0.2) is 0 Å². The van der Waals surface area contributed by atoms with Crippen molar-refractivity contribution in [1.82, 2.24) is 15.0 Å². The van der Waals surface area contributed by atoms with Crippen LogP contribution in [0.4, 0.5) is 11.4 Å². The summed E-state index contributed by atoms with van der Waals surface area (Å²) in [5.41, 5.74) is 0.699. The second-order valence-corrected chi connectivity index (χ2v) is 6.82. The Bertz CT molecular complexity index is 788. The highest BCUT2D eigenvalue weighted by Crippen LogP contribution is 2.28. The van der Waals surface area contributed by atoms with Crippen LogP contribution in [0, 0.1) is 17.0 Å². The molecule has 1 aliphatic heterocycles. The van der Waals surface area contributed by atoms with E-state index < -0.39 is 0 Å². The number of aromatic nitrogens is 2. The van der Waals surface area contributed by atoms with Gasteiger partial charge in [0.15, 0.2) is 5.82 Å². The predicted octanol–water partition coefficient (Wildman–Crippen LogP) is 1.87. The molecule has 1 aliphatic rings. The topological polar surface area (TPSA) is 106 Å². The second kappa shape index (κ2) is 8.17. The van der Waals surface area contributed by atoms with Gasteiger partial charge in [0, 0.05) is 39.2 Å². The average Bonchev–Trinajstić information content (AvgIpc) is 3.07.